The maximum atomic E-state index is 12.7. The van der Waals surface area contributed by atoms with E-state index in [0.29, 0.717) is 31.1 Å². The molecule has 0 radical (unpaired) electrons. The molecule has 2 aromatic heterocycles. The third-order valence-corrected chi connectivity index (χ3v) is 5.20. The maximum Gasteiger partial charge on any atom is 0.419 e. The van der Waals surface area contributed by atoms with Crippen molar-refractivity contribution in [2.45, 2.75) is 38.4 Å². The smallest absolute Gasteiger partial charge is 0.408 e. The van der Waals surface area contributed by atoms with Gasteiger partial charge in [0, 0.05) is 23.9 Å². The van der Waals surface area contributed by atoms with E-state index in [-0.39, 0.29) is 5.91 Å². The van der Waals surface area contributed by atoms with Crippen LogP contribution in [-0.4, -0.2) is 21.4 Å². The van der Waals surface area contributed by atoms with Gasteiger partial charge >= 0.3 is 5.76 Å². The topological polar surface area (TPSA) is 55.5 Å². The molecule has 0 N–H and O–H groups in total. The van der Waals surface area contributed by atoms with Crippen molar-refractivity contribution in [3.05, 3.63) is 57.2 Å². The minimum absolute atomic E-state index is 0.100. The molecule has 0 unspecified atom stereocenters. The van der Waals surface area contributed by atoms with Gasteiger partial charge in [-0.15, -0.1) is 11.3 Å². The molecule has 1 aromatic carbocycles. The number of nitrogens with zero attached hydrogens (tertiary/aromatic N) is 2. The summed E-state index contributed by atoms with van der Waals surface area (Å²) in [4.78, 5) is 27.8. The maximum absolute atomic E-state index is 12.7. The molecule has 1 aliphatic rings. The van der Waals surface area contributed by atoms with E-state index < -0.39 is 5.76 Å². The fraction of sp³-hybridized carbons (Fsp3) is 0.333. The first-order valence-electron chi connectivity index (χ1n) is 8.12. The molecule has 0 aliphatic heterocycles. The van der Waals surface area contributed by atoms with Crippen LogP contribution in [0.3, 0.4) is 0 Å². The Morgan fingerprint density at radius 1 is 1.25 bits per heavy atom. The van der Waals surface area contributed by atoms with Crippen LogP contribution >= 0.6 is 11.3 Å². The fourth-order valence-corrected chi connectivity index (χ4v) is 3.66. The summed E-state index contributed by atoms with van der Waals surface area (Å²) in [6.45, 7) is 1.02. The second-order valence-corrected chi connectivity index (χ2v) is 7.10. The van der Waals surface area contributed by atoms with Crippen molar-refractivity contribution in [3.8, 4) is 0 Å². The van der Waals surface area contributed by atoms with Gasteiger partial charge in [0.2, 0.25) is 5.91 Å². The lowest BCUT2D eigenvalue weighted by Gasteiger charge is -2.21. The zero-order valence-electron chi connectivity index (χ0n) is 13.2. The van der Waals surface area contributed by atoms with Gasteiger partial charge in [-0.25, -0.2) is 4.79 Å². The fourth-order valence-electron chi connectivity index (χ4n) is 2.95. The average molecular weight is 342 g/mol. The molecule has 1 aliphatic carbocycles. The Hall–Kier alpha value is -2.34. The third kappa shape index (κ3) is 3.01. The number of hydrogen-bond acceptors (Lipinski definition) is 4. The summed E-state index contributed by atoms with van der Waals surface area (Å²) >= 11 is 1.67. The zero-order valence-corrected chi connectivity index (χ0v) is 14.0. The van der Waals surface area contributed by atoms with Crippen molar-refractivity contribution >= 4 is 28.3 Å². The lowest BCUT2D eigenvalue weighted by Crippen LogP contribution is -2.33. The first-order valence-corrected chi connectivity index (χ1v) is 9.00. The number of para-hydroxylation sites is 2. The summed E-state index contributed by atoms with van der Waals surface area (Å²) < 4.78 is 6.77. The highest BCUT2D eigenvalue weighted by Crippen LogP contribution is 2.30. The van der Waals surface area contributed by atoms with Gasteiger partial charge in [-0.1, -0.05) is 18.2 Å². The molecule has 0 saturated heterocycles. The molecule has 0 atom stereocenters. The number of aryl methyl sites for hydroxylation is 1. The van der Waals surface area contributed by atoms with Crippen molar-refractivity contribution in [2.24, 2.45) is 0 Å². The molecule has 3 aromatic rings. The van der Waals surface area contributed by atoms with Crippen LogP contribution in [0.25, 0.3) is 11.1 Å². The molecule has 124 valence electrons. The van der Waals surface area contributed by atoms with Crippen molar-refractivity contribution in [1.29, 1.82) is 0 Å². The van der Waals surface area contributed by atoms with Gasteiger partial charge in [-0.05, 0) is 36.4 Å². The number of benzene rings is 1. The van der Waals surface area contributed by atoms with Crippen LogP contribution in [0.4, 0.5) is 0 Å². The van der Waals surface area contributed by atoms with Gasteiger partial charge in [0.15, 0.2) is 5.58 Å². The largest absolute Gasteiger partial charge is 0.419 e. The highest BCUT2D eigenvalue weighted by molar-refractivity contribution is 7.09. The summed E-state index contributed by atoms with van der Waals surface area (Å²) in [7, 11) is 0. The van der Waals surface area contributed by atoms with Gasteiger partial charge in [-0.2, -0.15) is 0 Å². The summed E-state index contributed by atoms with van der Waals surface area (Å²) in [6.07, 6.45) is 2.46. The van der Waals surface area contributed by atoms with E-state index in [1.807, 2.05) is 34.5 Å². The summed E-state index contributed by atoms with van der Waals surface area (Å²) in [5.74, 6) is -0.302. The van der Waals surface area contributed by atoms with Crippen LogP contribution in [0.2, 0.25) is 0 Å². The molecule has 1 amide bonds. The molecule has 6 heteroatoms. The van der Waals surface area contributed by atoms with Crippen LogP contribution in [0.5, 0.6) is 0 Å². The van der Waals surface area contributed by atoms with Crippen LogP contribution in [0.1, 0.15) is 24.1 Å². The number of fused-ring (bicyclic) bond motifs is 1. The third-order valence-electron chi connectivity index (χ3n) is 4.34. The number of amides is 1. The number of oxazole rings is 1. The molecule has 0 spiro atoms. The molecule has 5 nitrogen and oxygen atoms in total. The van der Waals surface area contributed by atoms with Gasteiger partial charge in [-0.3, -0.25) is 9.36 Å². The lowest BCUT2D eigenvalue weighted by molar-refractivity contribution is -0.132. The Bertz CT molecular complexity index is 906. The second-order valence-electron chi connectivity index (χ2n) is 6.07. The van der Waals surface area contributed by atoms with Gasteiger partial charge in [0.1, 0.15) is 0 Å². The Labute approximate surface area is 143 Å². The predicted octanol–water partition coefficient (Wildman–Crippen LogP) is 3.24. The predicted molar refractivity (Wildman–Crippen MR) is 93.0 cm³/mol. The van der Waals surface area contributed by atoms with Crippen molar-refractivity contribution in [3.63, 3.8) is 0 Å². The molecule has 1 saturated carbocycles. The Morgan fingerprint density at radius 3 is 2.83 bits per heavy atom. The molecule has 24 heavy (non-hydrogen) atoms. The van der Waals surface area contributed by atoms with E-state index in [0.717, 1.165) is 18.4 Å². The van der Waals surface area contributed by atoms with Crippen molar-refractivity contribution in [1.82, 2.24) is 9.47 Å². The molecule has 2 heterocycles. The first-order chi connectivity index (χ1) is 11.7. The number of hydrogen-bond donors (Lipinski definition) is 0. The van der Waals surface area contributed by atoms with E-state index in [1.165, 1.54) is 4.88 Å². The van der Waals surface area contributed by atoms with Crippen molar-refractivity contribution < 1.29 is 9.21 Å². The second kappa shape index (κ2) is 6.28. The minimum atomic E-state index is -0.403. The molecular formula is C18H18N2O3S. The summed E-state index contributed by atoms with van der Waals surface area (Å²) in [6, 6.07) is 11.7. The van der Waals surface area contributed by atoms with E-state index in [2.05, 4.69) is 6.07 Å². The summed E-state index contributed by atoms with van der Waals surface area (Å²) in [5.41, 5.74) is 1.30. The number of carbonyl (C=O) groups excluding carboxylic acids is 1. The number of aromatic nitrogens is 1. The Balaban J connectivity index is 1.48. The van der Waals surface area contributed by atoms with E-state index >= 15 is 0 Å². The van der Waals surface area contributed by atoms with Crippen molar-refractivity contribution in [2.75, 3.05) is 0 Å². The zero-order chi connectivity index (χ0) is 16.5. The van der Waals surface area contributed by atoms with Crippen LogP contribution in [-0.2, 0) is 17.9 Å². The lowest BCUT2D eigenvalue weighted by atomic mass is 10.3. The SMILES string of the molecule is O=C(CCn1c(=O)oc2ccccc21)N(Cc1cccs1)C1CC1. The minimum Gasteiger partial charge on any atom is -0.408 e. The monoisotopic (exact) mass is 342 g/mol. The quantitative estimate of drug-likeness (QED) is 0.691. The number of thiophene rings is 1. The van der Waals surface area contributed by atoms with E-state index in [1.54, 1.807) is 22.0 Å². The molecular weight excluding hydrogens is 324 g/mol. The Kier molecular flexibility index (Phi) is 3.98. The average Bonchev–Trinajstić information content (AvgIpc) is 3.19. The van der Waals surface area contributed by atoms with Gasteiger partial charge in [0.25, 0.3) is 0 Å². The van der Waals surface area contributed by atoms with Crippen LogP contribution in [0, 0.1) is 0 Å². The van der Waals surface area contributed by atoms with Crippen LogP contribution < -0.4 is 5.76 Å². The van der Waals surface area contributed by atoms with E-state index in [9.17, 15) is 9.59 Å². The molecule has 0 bridgehead atoms. The molecule has 4 rings (SSSR count). The number of carbonyl (C=O) groups is 1. The Morgan fingerprint density at radius 2 is 2.08 bits per heavy atom. The first kappa shape index (κ1) is 15.2. The molecule has 1 fully saturated rings. The van der Waals surface area contributed by atoms with Gasteiger partial charge < -0.3 is 9.32 Å². The number of rotatable bonds is 6. The van der Waals surface area contributed by atoms with Gasteiger partial charge in [0.05, 0.1) is 12.1 Å². The normalized spacial score (nSPS) is 14.2. The van der Waals surface area contributed by atoms with E-state index in [4.69, 9.17) is 4.42 Å². The highest BCUT2D eigenvalue weighted by atomic mass is 32.1. The van der Waals surface area contributed by atoms with Crippen LogP contribution in [0.15, 0.2) is 51.0 Å². The standard InChI is InChI=1S/C18H18N2O3S/c21-17(20(13-7-8-13)12-14-4-3-11-24-14)9-10-19-15-5-1-2-6-16(15)23-18(19)22/h1-6,11,13H,7-10,12H2. The highest BCUT2D eigenvalue weighted by Gasteiger charge is 2.32. The summed E-state index contributed by atoms with van der Waals surface area (Å²) in [5, 5.41) is 2.03.